The molecule has 9 heteroatoms. The fourth-order valence-electron chi connectivity index (χ4n) is 2.58. The lowest BCUT2D eigenvalue weighted by atomic mass is 10.2. The second kappa shape index (κ2) is 9.87. The lowest BCUT2D eigenvalue weighted by Gasteiger charge is -2.09. The largest absolute Gasteiger partial charge is 0.416 e. The van der Waals surface area contributed by atoms with Gasteiger partial charge in [-0.15, -0.1) is 28.3 Å². The van der Waals surface area contributed by atoms with Gasteiger partial charge in [0.25, 0.3) is 0 Å². The zero-order chi connectivity index (χ0) is 19.4. The van der Waals surface area contributed by atoms with Gasteiger partial charge in [0.1, 0.15) is 0 Å². The Morgan fingerprint density at radius 2 is 1.82 bits per heavy atom. The maximum absolute atomic E-state index is 12.9. The van der Waals surface area contributed by atoms with Crippen molar-refractivity contribution in [2.24, 2.45) is 4.99 Å². The summed E-state index contributed by atoms with van der Waals surface area (Å²) in [4.78, 5) is 5.01. The number of aromatic nitrogens is 1. The van der Waals surface area contributed by atoms with E-state index in [2.05, 4.69) is 20.9 Å². The summed E-state index contributed by atoms with van der Waals surface area (Å²) in [7, 11) is 0. The number of rotatable bonds is 5. The molecule has 0 radical (unpaired) electrons. The number of halogens is 5. The van der Waals surface area contributed by atoms with Gasteiger partial charge in [0.15, 0.2) is 4.80 Å². The van der Waals surface area contributed by atoms with Gasteiger partial charge in [0, 0.05) is 23.0 Å². The van der Waals surface area contributed by atoms with Gasteiger partial charge in [0.05, 0.1) is 16.9 Å². The lowest BCUT2D eigenvalue weighted by molar-refractivity contribution is -0.137. The molecule has 0 amide bonds. The van der Waals surface area contributed by atoms with E-state index >= 15 is 0 Å². The summed E-state index contributed by atoms with van der Waals surface area (Å²) >= 11 is 4.76. The zero-order valence-electron chi connectivity index (χ0n) is 14.5. The molecule has 0 aliphatic carbocycles. The molecule has 0 bridgehead atoms. The number of aliphatic hydroxyl groups excluding tert-OH is 1. The Bertz CT molecular complexity index is 982. The van der Waals surface area contributed by atoms with Crippen LogP contribution in [0, 0.1) is 0 Å². The molecule has 0 saturated heterocycles. The lowest BCUT2D eigenvalue weighted by Crippen LogP contribution is -2.16. The number of thiazole rings is 1. The molecular formula is C19H17Br2F3N2OS. The van der Waals surface area contributed by atoms with Crippen molar-refractivity contribution in [3.63, 3.8) is 0 Å². The van der Waals surface area contributed by atoms with Gasteiger partial charge in [-0.3, -0.25) is 0 Å². The van der Waals surface area contributed by atoms with E-state index in [0.29, 0.717) is 17.8 Å². The van der Waals surface area contributed by atoms with Crippen molar-refractivity contribution in [2.75, 3.05) is 6.61 Å². The molecular weight excluding hydrogens is 521 g/mol. The Kier molecular flexibility index (Phi) is 8.06. The molecule has 0 aliphatic rings. The summed E-state index contributed by atoms with van der Waals surface area (Å²) in [6.45, 7) is 0.537. The quantitative estimate of drug-likeness (QED) is 0.414. The van der Waals surface area contributed by atoms with E-state index in [-0.39, 0.29) is 29.3 Å². The Morgan fingerprint density at radius 1 is 1.11 bits per heavy atom. The molecule has 0 unspecified atom stereocenters. The van der Waals surface area contributed by atoms with E-state index in [0.717, 1.165) is 27.9 Å². The third-order valence-corrected chi connectivity index (χ3v) is 5.27. The van der Waals surface area contributed by atoms with Crippen LogP contribution in [0.15, 0.2) is 63.4 Å². The van der Waals surface area contributed by atoms with Crippen molar-refractivity contribution in [3.8, 4) is 11.3 Å². The first-order chi connectivity index (χ1) is 12.9. The molecule has 150 valence electrons. The van der Waals surface area contributed by atoms with Gasteiger partial charge < -0.3 is 9.67 Å². The van der Waals surface area contributed by atoms with Crippen LogP contribution >= 0.6 is 44.2 Å². The number of aliphatic hydroxyl groups is 1. The van der Waals surface area contributed by atoms with Crippen molar-refractivity contribution in [3.05, 3.63) is 68.7 Å². The number of hydrogen-bond donors (Lipinski definition) is 1. The minimum Gasteiger partial charge on any atom is -0.396 e. The first kappa shape index (κ1) is 22.9. The molecule has 2 aromatic carbocycles. The molecule has 1 heterocycles. The van der Waals surface area contributed by atoms with Gasteiger partial charge >= 0.3 is 6.18 Å². The summed E-state index contributed by atoms with van der Waals surface area (Å²) in [5, 5.41) is 11.1. The first-order valence-electron chi connectivity index (χ1n) is 8.15. The Balaban J connectivity index is 0.00000280. The molecule has 1 aromatic heterocycles. The van der Waals surface area contributed by atoms with Crippen LogP contribution in [-0.2, 0) is 12.7 Å². The summed E-state index contributed by atoms with van der Waals surface area (Å²) in [6.07, 6.45) is -3.88. The minimum absolute atomic E-state index is 0. The molecule has 0 fully saturated rings. The zero-order valence-corrected chi connectivity index (χ0v) is 18.6. The Labute approximate surface area is 183 Å². The molecule has 3 rings (SSSR count). The second-order valence-electron chi connectivity index (χ2n) is 5.80. The van der Waals surface area contributed by atoms with Crippen LogP contribution in [0.2, 0.25) is 0 Å². The van der Waals surface area contributed by atoms with Crippen LogP contribution in [0.5, 0.6) is 0 Å². The summed E-state index contributed by atoms with van der Waals surface area (Å²) in [5.41, 5.74) is 1.40. The average Bonchev–Trinajstić information content (AvgIpc) is 3.02. The monoisotopic (exact) mass is 536 g/mol. The number of hydrogen-bond acceptors (Lipinski definition) is 3. The van der Waals surface area contributed by atoms with Gasteiger partial charge in [-0.05, 0) is 42.3 Å². The Morgan fingerprint density at radius 3 is 2.46 bits per heavy atom. The number of alkyl halides is 3. The van der Waals surface area contributed by atoms with E-state index in [1.165, 1.54) is 17.4 Å². The van der Waals surface area contributed by atoms with Crippen molar-refractivity contribution in [1.82, 2.24) is 4.57 Å². The van der Waals surface area contributed by atoms with Gasteiger partial charge in [-0.1, -0.05) is 34.1 Å². The predicted molar refractivity (Wildman–Crippen MR) is 114 cm³/mol. The average molecular weight is 538 g/mol. The molecule has 1 N–H and O–H groups in total. The highest BCUT2D eigenvalue weighted by Gasteiger charge is 2.30. The van der Waals surface area contributed by atoms with Crippen LogP contribution in [0.25, 0.3) is 11.3 Å². The fraction of sp³-hybridized carbons (Fsp3) is 0.211. The maximum atomic E-state index is 12.9. The number of benzene rings is 2. The van der Waals surface area contributed by atoms with Crippen LogP contribution in [0.1, 0.15) is 12.0 Å². The van der Waals surface area contributed by atoms with Gasteiger partial charge in [-0.25, -0.2) is 4.99 Å². The van der Waals surface area contributed by atoms with E-state index in [4.69, 9.17) is 0 Å². The van der Waals surface area contributed by atoms with Crippen LogP contribution in [0.3, 0.4) is 0 Å². The third kappa shape index (κ3) is 5.56. The molecule has 28 heavy (non-hydrogen) atoms. The highest BCUT2D eigenvalue weighted by molar-refractivity contribution is 9.10. The molecule has 0 spiro atoms. The summed E-state index contributed by atoms with van der Waals surface area (Å²) < 4.78 is 41.7. The van der Waals surface area contributed by atoms with Crippen molar-refractivity contribution < 1.29 is 18.3 Å². The predicted octanol–water partition coefficient (Wildman–Crippen LogP) is 6.19. The molecule has 0 atom stereocenters. The highest BCUT2D eigenvalue weighted by atomic mass is 79.9. The fourth-order valence-corrected chi connectivity index (χ4v) is 3.80. The van der Waals surface area contributed by atoms with Crippen molar-refractivity contribution >= 4 is 49.9 Å². The topological polar surface area (TPSA) is 37.5 Å². The standard InChI is InChI=1S/C19H16BrF3N2OS.BrH/c20-15-7-5-13(6-8-15)17-12-27-18(25(17)9-2-10-26)24-16-4-1-3-14(11-16)19(21,22)23;/h1,3-8,11-12,26H,2,9-10H2;1H. The normalized spacial score (nSPS) is 12.1. The minimum atomic E-state index is -4.41. The van der Waals surface area contributed by atoms with Gasteiger partial charge in [-0.2, -0.15) is 13.2 Å². The van der Waals surface area contributed by atoms with Gasteiger partial charge in [0.2, 0.25) is 0 Å². The molecule has 3 nitrogen and oxygen atoms in total. The summed E-state index contributed by atoms with van der Waals surface area (Å²) in [6, 6.07) is 12.7. The highest BCUT2D eigenvalue weighted by Crippen LogP contribution is 2.31. The second-order valence-corrected chi connectivity index (χ2v) is 7.55. The van der Waals surface area contributed by atoms with Crippen LogP contribution in [0.4, 0.5) is 18.9 Å². The van der Waals surface area contributed by atoms with Crippen LogP contribution in [-0.4, -0.2) is 16.3 Å². The molecule has 0 aliphatic heterocycles. The van der Waals surface area contributed by atoms with E-state index in [1.807, 2.05) is 34.2 Å². The van der Waals surface area contributed by atoms with E-state index in [1.54, 1.807) is 6.07 Å². The van der Waals surface area contributed by atoms with Crippen molar-refractivity contribution in [1.29, 1.82) is 0 Å². The molecule has 0 saturated carbocycles. The van der Waals surface area contributed by atoms with Crippen LogP contribution < -0.4 is 4.80 Å². The number of nitrogens with zero attached hydrogens (tertiary/aromatic N) is 2. The van der Waals surface area contributed by atoms with E-state index in [9.17, 15) is 18.3 Å². The molecule has 3 aromatic rings. The summed E-state index contributed by atoms with van der Waals surface area (Å²) in [5.74, 6) is 0. The first-order valence-corrected chi connectivity index (χ1v) is 9.83. The van der Waals surface area contributed by atoms with E-state index < -0.39 is 11.7 Å². The third-order valence-electron chi connectivity index (χ3n) is 3.88. The maximum Gasteiger partial charge on any atom is 0.416 e. The smallest absolute Gasteiger partial charge is 0.396 e. The SMILES string of the molecule is Br.OCCCn1c(-c2ccc(Br)cc2)csc1=Nc1cccc(C(F)(F)F)c1. The Hall–Kier alpha value is -1.42. The van der Waals surface area contributed by atoms with Crippen molar-refractivity contribution in [2.45, 2.75) is 19.1 Å².